The summed E-state index contributed by atoms with van der Waals surface area (Å²) in [7, 11) is 0. The molecule has 0 saturated carbocycles. The molecule has 0 radical (unpaired) electrons. The number of carbonyl (C=O) groups excluding carboxylic acids is 2. The molecular formula is C29H34N6O2S2. The molecule has 1 aliphatic carbocycles. The van der Waals surface area contributed by atoms with Crippen LogP contribution in [0.1, 0.15) is 72.3 Å². The van der Waals surface area contributed by atoms with Crippen molar-refractivity contribution in [1.82, 2.24) is 20.1 Å². The maximum atomic E-state index is 12.9. The van der Waals surface area contributed by atoms with Crippen LogP contribution < -0.4 is 10.6 Å². The largest absolute Gasteiger partial charge is 0.342 e. The Bertz CT molecular complexity index is 1400. The van der Waals surface area contributed by atoms with Gasteiger partial charge in [-0.25, -0.2) is 0 Å². The van der Waals surface area contributed by atoms with Crippen molar-refractivity contribution >= 4 is 39.9 Å². The minimum absolute atomic E-state index is 0.109. The lowest BCUT2D eigenvalue weighted by Crippen LogP contribution is -2.28. The Morgan fingerprint density at radius 2 is 2.05 bits per heavy atom. The lowest BCUT2D eigenvalue weighted by atomic mass is 9.72. The molecule has 3 aromatic rings. The summed E-state index contributed by atoms with van der Waals surface area (Å²) in [6.45, 7) is 12.9. The molecule has 8 nitrogen and oxygen atoms in total. The fourth-order valence-electron chi connectivity index (χ4n) is 4.79. The molecule has 204 valence electrons. The van der Waals surface area contributed by atoms with E-state index in [1.54, 1.807) is 18.2 Å². The molecule has 2 amide bonds. The van der Waals surface area contributed by atoms with Gasteiger partial charge in [0.05, 0.1) is 17.4 Å². The van der Waals surface area contributed by atoms with E-state index in [4.69, 9.17) is 0 Å². The lowest BCUT2D eigenvalue weighted by Gasteiger charge is -2.33. The fourth-order valence-corrected chi connectivity index (χ4v) is 6.83. The Morgan fingerprint density at radius 3 is 2.72 bits per heavy atom. The normalized spacial score (nSPS) is 15.6. The highest BCUT2D eigenvalue weighted by Gasteiger charge is 2.32. The van der Waals surface area contributed by atoms with Crippen LogP contribution in [0.25, 0.3) is 0 Å². The first kappa shape index (κ1) is 28.6. The molecule has 2 aromatic heterocycles. The van der Waals surface area contributed by atoms with Gasteiger partial charge >= 0.3 is 0 Å². The summed E-state index contributed by atoms with van der Waals surface area (Å²) >= 11 is 2.79. The number of nitrogens with zero attached hydrogens (tertiary/aromatic N) is 4. The first-order valence-electron chi connectivity index (χ1n) is 13.0. The number of allylic oxidation sites excluding steroid dienone is 1. The molecule has 0 fully saturated rings. The van der Waals surface area contributed by atoms with E-state index < -0.39 is 6.04 Å². The highest BCUT2D eigenvalue weighted by molar-refractivity contribution is 7.99. The van der Waals surface area contributed by atoms with Crippen LogP contribution in [-0.4, -0.2) is 32.3 Å². The third-order valence-electron chi connectivity index (χ3n) is 7.02. The zero-order valence-corrected chi connectivity index (χ0v) is 24.4. The van der Waals surface area contributed by atoms with Crippen molar-refractivity contribution in [2.45, 2.75) is 64.7 Å². The molecule has 0 unspecified atom stereocenters. The van der Waals surface area contributed by atoms with Crippen LogP contribution in [0.4, 0.5) is 5.00 Å². The third-order valence-corrected chi connectivity index (χ3v) is 9.15. The first-order chi connectivity index (χ1) is 18.6. The predicted molar refractivity (Wildman–Crippen MR) is 156 cm³/mol. The van der Waals surface area contributed by atoms with Gasteiger partial charge in [-0.3, -0.25) is 9.59 Å². The van der Waals surface area contributed by atoms with Crippen LogP contribution in [0.2, 0.25) is 0 Å². The minimum atomic E-state index is -0.402. The van der Waals surface area contributed by atoms with E-state index in [-0.39, 0.29) is 23.0 Å². The van der Waals surface area contributed by atoms with E-state index in [9.17, 15) is 14.9 Å². The van der Waals surface area contributed by atoms with Crippen molar-refractivity contribution in [3.63, 3.8) is 0 Å². The SMILES string of the molecule is C=CCn1c(SCC(=O)Nc2sc3c(c2C#N)CC[C@H](C(C)(C)C)C3)nnc1[C@H](C)NC(=O)c1ccccc1. The van der Waals surface area contributed by atoms with Gasteiger partial charge in [0.2, 0.25) is 5.91 Å². The number of amides is 2. The summed E-state index contributed by atoms with van der Waals surface area (Å²) in [5.74, 6) is 0.832. The molecule has 1 aliphatic rings. The first-order valence-corrected chi connectivity index (χ1v) is 14.8. The molecule has 0 bridgehead atoms. The number of hydrogen-bond acceptors (Lipinski definition) is 7. The second kappa shape index (κ2) is 12.2. The van der Waals surface area contributed by atoms with Crippen molar-refractivity contribution in [1.29, 1.82) is 5.26 Å². The van der Waals surface area contributed by atoms with E-state index in [0.29, 0.717) is 39.6 Å². The molecule has 2 heterocycles. The summed E-state index contributed by atoms with van der Waals surface area (Å²) in [5.41, 5.74) is 2.45. The van der Waals surface area contributed by atoms with Gasteiger partial charge in [0.15, 0.2) is 11.0 Å². The van der Waals surface area contributed by atoms with Gasteiger partial charge < -0.3 is 15.2 Å². The van der Waals surface area contributed by atoms with Gasteiger partial charge in [-0.15, -0.1) is 28.1 Å². The van der Waals surface area contributed by atoms with Crippen LogP contribution in [0, 0.1) is 22.7 Å². The van der Waals surface area contributed by atoms with Crippen molar-refractivity contribution < 1.29 is 9.59 Å². The molecule has 4 rings (SSSR count). The Morgan fingerprint density at radius 1 is 1.31 bits per heavy atom. The molecular weight excluding hydrogens is 528 g/mol. The van der Waals surface area contributed by atoms with Crippen molar-refractivity contribution in [3.05, 3.63) is 70.4 Å². The summed E-state index contributed by atoms with van der Waals surface area (Å²) < 4.78 is 1.85. The molecule has 0 saturated heterocycles. The third kappa shape index (κ3) is 6.60. The Labute approximate surface area is 237 Å². The molecule has 0 aliphatic heterocycles. The van der Waals surface area contributed by atoms with Gasteiger partial charge in [-0.05, 0) is 55.2 Å². The van der Waals surface area contributed by atoms with Gasteiger partial charge in [-0.2, -0.15) is 5.26 Å². The van der Waals surface area contributed by atoms with E-state index in [1.165, 1.54) is 28.0 Å². The van der Waals surface area contributed by atoms with Crippen LogP contribution in [0.15, 0.2) is 48.1 Å². The zero-order valence-electron chi connectivity index (χ0n) is 22.8. The Balaban J connectivity index is 1.42. The van der Waals surface area contributed by atoms with Gasteiger partial charge in [0, 0.05) is 17.0 Å². The summed E-state index contributed by atoms with van der Waals surface area (Å²) in [5, 5.41) is 25.5. The molecule has 0 spiro atoms. The molecule has 2 N–H and O–H groups in total. The van der Waals surface area contributed by atoms with E-state index in [1.807, 2.05) is 29.7 Å². The number of benzene rings is 1. The highest BCUT2D eigenvalue weighted by Crippen LogP contribution is 2.44. The van der Waals surface area contributed by atoms with Crippen LogP contribution >= 0.6 is 23.1 Å². The fraction of sp³-hybridized carbons (Fsp3) is 0.414. The number of hydrogen-bond donors (Lipinski definition) is 2. The topological polar surface area (TPSA) is 113 Å². The van der Waals surface area contributed by atoms with Crippen molar-refractivity contribution in [2.75, 3.05) is 11.1 Å². The standard InChI is InChI=1S/C29H34N6O2S2/c1-6-14-35-25(18(2)31-26(37)19-10-8-7-9-11-19)33-34-28(35)38-17-24(36)32-27-22(16-30)21-13-12-20(29(3,4)5)15-23(21)39-27/h6-11,18,20H,1,12-15,17H2,2-5H3,(H,31,37)(H,32,36)/t18-,20-/m0/s1. The lowest BCUT2D eigenvalue weighted by molar-refractivity contribution is -0.113. The van der Waals surface area contributed by atoms with Crippen LogP contribution in [0.5, 0.6) is 0 Å². The highest BCUT2D eigenvalue weighted by atomic mass is 32.2. The summed E-state index contributed by atoms with van der Waals surface area (Å²) in [6.07, 6.45) is 4.59. The van der Waals surface area contributed by atoms with Gasteiger partial charge in [0.25, 0.3) is 5.91 Å². The monoisotopic (exact) mass is 562 g/mol. The number of aromatic nitrogens is 3. The Hall–Kier alpha value is -3.42. The van der Waals surface area contributed by atoms with Crippen LogP contribution in [0.3, 0.4) is 0 Å². The van der Waals surface area contributed by atoms with Gasteiger partial charge in [-0.1, -0.05) is 56.8 Å². The number of carbonyl (C=O) groups is 2. The number of thioether (sulfide) groups is 1. The van der Waals surface area contributed by atoms with E-state index in [2.05, 4.69) is 54.3 Å². The number of rotatable bonds is 9. The summed E-state index contributed by atoms with van der Waals surface area (Å²) in [6, 6.07) is 10.9. The molecule has 1 aromatic carbocycles. The maximum absolute atomic E-state index is 12.9. The number of fused-ring (bicyclic) bond motifs is 1. The quantitative estimate of drug-likeness (QED) is 0.253. The minimum Gasteiger partial charge on any atom is -0.342 e. The molecule has 2 atom stereocenters. The second-order valence-electron chi connectivity index (χ2n) is 10.8. The van der Waals surface area contributed by atoms with E-state index >= 15 is 0 Å². The number of nitriles is 1. The van der Waals surface area contributed by atoms with Crippen LogP contribution in [-0.2, 0) is 24.2 Å². The number of nitrogens with one attached hydrogen (secondary N) is 2. The average Bonchev–Trinajstić information content (AvgIpc) is 3.47. The molecule has 39 heavy (non-hydrogen) atoms. The maximum Gasteiger partial charge on any atom is 0.251 e. The smallest absolute Gasteiger partial charge is 0.251 e. The number of thiophene rings is 1. The van der Waals surface area contributed by atoms with Crippen molar-refractivity contribution in [2.24, 2.45) is 11.3 Å². The Kier molecular flexibility index (Phi) is 8.93. The van der Waals surface area contributed by atoms with Crippen molar-refractivity contribution in [3.8, 4) is 6.07 Å². The average molecular weight is 563 g/mol. The zero-order chi connectivity index (χ0) is 28.2. The molecule has 10 heteroatoms. The number of anilines is 1. The van der Waals surface area contributed by atoms with Gasteiger partial charge in [0.1, 0.15) is 11.1 Å². The second-order valence-corrected chi connectivity index (χ2v) is 12.8. The van der Waals surface area contributed by atoms with E-state index in [0.717, 1.165) is 24.8 Å². The summed E-state index contributed by atoms with van der Waals surface area (Å²) in [4.78, 5) is 26.8. The predicted octanol–water partition coefficient (Wildman–Crippen LogP) is 5.77.